The Balaban J connectivity index is 1.72. The molecule has 0 fully saturated rings. The first-order chi connectivity index (χ1) is 15.9. The average Bonchev–Trinajstić information content (AvgIpc) is 3.25. The van der Waals surface area contributed by atoms with Gasteiger partial charge in [0, 0.05) is 55.8 Å². The van der Waals surface area contributed by atoms with Crippen LogP contribution in [-0.2, 0) is 5.75 Å². The summed E-state index contributed by atoms with van der Waals surface area (Å²) in [4.78, 5) is 23.7. The minimum Gasteiger partial charge on any atom is -0.411 e. The van der Waals surface area contributed by atoms with Gasteiger partial charge in [0.25, 0.3) is 10.9 Å². The summed E-state index contributed by atoms with van der Waals surface area (Å²) >= 11 is 1.34. The number of nitrogens with zero attached hydrogens (tertiary/aromatic N) is 7. The van der Waals surface area contributed by atoms with Gasteiger partial charge in [0.2, 0.25) is 11.9 Å². The first-order valence-corrected chi connectivity index (χ1v) is 11.1. The van der Waals surface area contributed by atoms with Crippen molar-refractivity contribution >= 4 is 29.2 Å². The zero-order chi connectivity index (χ0) is 23.8. The van der Waals surface area contributed by atoms with Crippen LogP contribution in [0.2, 0.25) is 0 Å². The van der Waals surface area contributed by atoms with Gasteiger partial charge in [0.15, 0.2) is 0 Å². The molecule has 174 valence electrons. The SMILES string of the molecule is CCCN=C(Nc1nc(C)ncc1CSc1nnc(-c2ccc([N+](=O)[O-])cc2)o1)NN(C)C. The predicted octanol–water partition coefficient (Wildman–Crippen LogP) is 3.28. The molecule has 2 heterocycles. The minimum atomic E-state index is -0.458. The number of benzene rings is 1. The zero-order valence-corrected chi connectivity index (χ0v) is 19.6. The highest BCUT2D eigenvalue weighted by Crippen LogP contribution is 2.28. The first kappa shape index (κ1) is 24.1. The van der Waals surface area contributed by atoms with Crippen LogP contribution in [0, 0.1) is 17.0 Å². The Morgan fingerprint density at radius 1 is 1.27 bits per heavy atom. The van der Waals surface area contributed by atoms with Crippen molar-refractivity contribution in [3.8, 4) is 11.5 Å². The Hall–Kier alpha value is -3.58. The summed E-state index contributed by atoms with van der Waals surface area (Å²) in [7, 11) is 3.76. The van der Waals surface area contributed by atoms with Crippen LogP contribution in [0.5, 0.6) is 0 Å². The van der Waals surface area contributed by atoms with Gasteiger partial charge in [-0.3, -0.25) is 20.5 Å². The van der Waals surface area contributed by atoms with Crippen molar-refractivity contribution in [3.05, 3.63) is 52.0 Å². The van der Waals surface area contributed by atoms with Crippen molar-refractivity contribution in [3.63, 3.8) is 0 Å². The van der Waals surface area contributed by atoms with E-state index in [1.807, 2.05) is 21.0 Å². The van der Waals surface area contributed by atoms with Gasteiger partial charge >= 0.3 is 0 Å². The summed E-state index contributed by atoms with van der Waals surface area (Å²) in [6.07, 6.45) is 2.67. The van der Waals surface area contributed by atoms with E-state index in [1.54, 1.807) is 23.3 Å². The molecule has 1 aromatic carbocycles. The molecule has 0 aliphatic rings. The Morgan fingerprint density at radius 2 is 2.03 bits per heavy atom. The molecule has 3 rings (SSSR count). The van der Waals surface area contributed by atoms with Crippen LogP contribution in [0.15, 0.2) is 45.1 Å². The Kier molecular flexibility index (Phi) is 8.27. The van der Waals surface area contributed by atoms with Crippen LogP contribution in [0.1, 0.15) is 24.7 Å². The fraction of sp³-hybridized carbons (Fsp3) is 0.350. The van der Waals surface area contributed by atoms with Gasteiger partial charge in [-0.2, -0.15) is 0 Å². The lowest BCUT2D eigenvalue weighted by Crippen LogP contribution is -2.41. The molecule has 0 aliphatic heterocycles. The normalized spacial score (nSPS) is 11.6. The summed E-state index contributed by atoms with van der Waals surface area (Å²) in [6, 6.07) is 5.94. The van der Waals surface area contributed by atoms with Gasteiger partial charge in [-0.05, 0) is 25.5 Å². The monoisotopic (exact) mass is 471 g/mol. The summed E-state index contributed by atoms with van der Waals surface area (Å²) < 4.78 is 5.71. The van der Waals surface area contributed by atoms with Gasteiger partial charge in [-0.1, -0.05) is 18.7 Å². The number of anilines is 1. The number of guanidine groups is 1. The quantitative estimate of drug-likeness (QED) is 0.156. The molecule has 0 saturated carbocycles. The minimum absolute atomic E-state index is 0.00198. The molecule has 12 nitrogen and oxygen atoms in total. The van der Waals surface area contributed by atoms with Gasteiger partial charge in [0.05, 0.1) is 4.92 Å². The van der Waals surface area contributed by atoms with Gasteiger partial charge in [-0.15, -0.1) is 10.2 Å². The molecule has 33 heavy (non-hydrogen) atoms. The number of aliphatic imine (C=N–C) groups is 1. The van der Waals surface area contributed by atoms with Crippen molar-refractivity contribution in [2.24, 2.45) is 4.99 Å². The lowest BCUT2D eigenvalue weighted by molar-refractivity contribution is -0.384. The van der Waals surface area contributed by atoms with E-state index < -0.39 is 4.92 Å². The topological polar surface area (TPSA) is 148 Å². The summed E-state index contributed by atoms with van der Waals surface area (Å²) in [5.74, 6) is 2.62. The Bertz CT molecular complexity index is 1120. The largest absolute Gasteiger partial charge is 0.411 e. The van der Waals surface area contributed by atoms with E-state index in [2.05, 4.69) is 42.8 Å². The zero-order valence-electron chi connectivity index (χ0n) is 18.8. The highest BCUT2D eigenvalue weighted by molar-refractivity contribution is 7.98. The third kappa shape index (κ3) is 6.95. The number of nitro benzene ring substituents is 1. The molecular weight excluding hydrogens is 446 g/mol. The van der Waals surface area contributed by atoms with E-state index >= 15 is 0 Å². The number of nitro groups is 1. The van der Waals surface area contributed by atoms with E-state index in [0.29, 0.717) is 40.7 Å². The fourth-order valence-electron chi connectivity index (χ4n) is 2.61. The smallest absolute Gasteiger partial charge is 0.277 e. The Labute approximate surface area is 195 Å². The number of aromatic nitrogens is 4. The summed E-state index contributed by atoms with van der Waals surface area (Å²) in [6.45, 7) is 4.55. The molecule has 0 unspecified atom stereocenters. The number of nitrogens with one attached hydrogen (secondary N) is 2. The van der Waals surface area contributed by atoms with E-state index in [0.717, 1.165) is 12.0 Å². The highest BCUT2D eigenvalue weighted by Gasteiger charge is 2.14. The molecule has 2 aromatic heterocycles. The van der Waals surface area contributed by atoms with E-state index in [-0.39, 0.29) is 11.6 Å². The van der Waals surface area contributed by atoms with Gasteiger partial charge < -0.3 is 9.73 Å². The van der Waals surface area contributed by atoms with Crippen LogP contribution in [0.3, 0.4) is 0 Å². The van der Waals surface area contributed by atoms with Gasteiger partial charge in [0.1, 0.15) is 11.6 Å². The number of non-ortho nitro benzene ring substituents is 1. The highest BCUT2D eigenvalue weighted by atomic mass is 32.2. The summed E-state index contributed by atoms with van der Waals surface area (Å²) in [5, 5.41) is 24.3. The van der Waals surface area contributed by atoms with E-state index in [9.17, 15) is 10.1 Å². The second-order valence-electron chi connectivity index (χ2n) is 7.12. The number of hydrazine groups is 1. The lowest BCUT2D eigenvalue weighted by Gasteiger charge is -2.18. The second-order valence-corrected chi connectivity index (χ2v) is 8.04. The number of thioether (sulfide) groups is 1. The van der Waals surface area contributed by atoms with Crippen molar-refractivity contribution in [2.45, 2.75) is 31.2 Å². The molecular formula is C20H25N9O3S. The molecule has 0 saturated heterocycles. The third-order valence-electron chi connectivity index (χ3n) is 4.13. The lowest BCUT2D eigenvalue weighted by atomic mass is 10.2. The molecule has 0 spiro atoms. The number of hydrogen-bond donors (Lipinski definition) is 2. The maximum atomic E-state index is 10.8. The van der Waals surface area contributed by atoms with E-state index in [4.69, 9.17) is 4.42 Å². The summed E-state index contributed by atoms with van der Waals surface area (Å²) in [5.41, 5.74) is 4.58. The Morgan fingerprint density at radius 3 is 2.70 bits per heavy atom. The third-order valence-corrected chi connectivity index (χ3v) is 4.99. The maximum Gasteiger partial charge on any atom is 0.277 e. The number of rotatable bonds is 9. The van der Waals surface area contributed by atoms with Crippen molar-refractivity contribution in [1.82, 2.24) is 30.6 Å². The molecule has 13 heteroatoms. The molecule has 0 bridgehead atoms. The van der Waals surface area contributed by atoms with Crippen molar-refractivity contribution in [1.29, 1.82) is 0 Å². The van der Waals surface area contributed by atoms with Crippen LogP contribution in [0.4, 0.5) is 11.5 Å². The first-order valence-electron chi connectivity index (χ1n) is 10.1. The van der Waals surface area contributed by atoms with Gasteiger partial charge in [-0.25, -0.2) is 15.0 Å². The van der Waals surface area contributed by atoms with Crippen LogP contribution in [-0.4, -0.2) is 56.7 Å². The predicted molar refractivity (Wildman–Crippen MR) is 126 cm³/mol. The molecule has 0 amide bonds. The molecule has 0 atom stereocenters. The fourth-order valence-corrected chi connectivity index (χ4v) is 3.34. The van der Waals surface area contributed by atoms with E-state index in [1.165, 1.54) is 23.9 Å². The number of aryl methyl sites for hydroxylation is 1. The molecule has 3 aromatic rings. The maximum absolute atomic E-state index is 10.8. The van der Waals surface area contributed by atoms with Crippen molar-refractivity contribution < 1.29 is 9.34 Å². The average molecular weight is 472 g/mol. The second kappa shape index (κ2) is 11.3. The molecule has 0 radical (unpaired) electrons. The van der Waals surface area contributed by atoms with Crippen LogP contribution >= 0.6 is 11.8 Å². The van der Waals surface area contributed by atoms with Crippen LogP contribution in [0.25, 0.3) is 11.5 Å². The molecule has 0 aliphatic carbocycles. The standard InChI is InChI=1S/C20H25N9O3S/c1-5-10-21-19(27-28(3)4)24-17-15(11-22-13(2)23-17)12-33-20-26-25-18(32-20)14-6-8-16(9-7-14)29(30)31/h6-9,11H,5,10,12H2,1-4H3,(H2,21,22,23,24,27). The molecule has 2 N–H and O–H groups in total. The van der Waals surface area contributed by atoms with Crippen LogP contribution < -0.4 is 10.7 Å². The van der Waals surface area contributed by atoms with Crippen molar-refractivity contribution in [2.75, 3.05) is 26.0 Å². The number of hydrogen-bond acceptors (Lipinski definition) is 10.